The summed E-state index contributed by atoms with van der Waals surface area (Å²) in [5.74, 6) is -0.402. The molecule has 0 radical (unpaired) electrons. The fourth-order valence-electron chi connectivity index (χ4n) is 1.82. The zero-order chi connectivity index (χ0) is 14.5. The lowest BCUT2D eigenvalue weighted by Crippen LogP contribution is -2.07. The van der Waals surface area contributed by atoms with E-state index in [1.165, 1.54) is 6.20 Å². The molecule has 0 atom stereocenters. The summed E-state index contributed by atoms with van der Waals surface area (Å²) in [6.45, 7) is 2.16. The monoisotopic (exact) mass is 291 g/mol. The second kappa shape index (κ2) is 6.39. The molecule has 104 valence electrons. The number of hydrogen-bond acceptors (Lipinski definition) is 3. The van der Waals surface area contributed by atoms with Crippen molar-refractivity contribution in [1.29, 1.82) is 0 Å². The fourth-order valence-corrected chi connectivity index (χ4v) is 2.07. The highest BCUT2D eigenvalue weighted by Gasteiger charge is 2.11. The Morgan fingerprint density at radius 3 is 2.85 bits per heavy atom. The van der Waals surface area contributed by atoms with Crippen LogP contribution in [0.2, 0.25) is 5.02 Å². The minimum atomic E-state index is -1.06. The molecular weight excluding hydrogens is 278 g/mol. The van der Waals surface area contributed by atoms with E-state index in [2.05, 4.69) is 4.98 Å². The van der Waals surface area contributed by atoms with Gasteiger partial charge in [0, 0.05) is 16.8 Å². The topological polar surface area (TPSA) is 59.4 Å². The second-order valence-electron chi connectivity index (χ2n) is 4.21. The van der Waals surface area contributed by atoms with Gasteiger partial charge in [0.05, 0.1) is 0 Å². The molecule has 0 spiro atoms. The van der Waals surface area contributed by atoms with E-state index in [0.717, 1.165) is 12.0 Å². The van der Waals surface area contributed by atoms with Gasteiger partial charge in [-0.15, -0.1) is 0 Å². The van der Waals surface area contributed by atoms with Gasteiger partial charge in [-0.2, -0.15) is 0 Å². The Morgan fingerprint density at radius 2 is 2.15 bits per heavy atom. The molecule has 0 aliphatic rings. The van der Waals surface area contributed by atoms with E-state index in [1.807, 2.05) is 13.0 Å². The molecule has 1 heterocycles. The molecule has 0 saturated carbocycles. The first-order chi connectivity index (χ1) is 9.61. The van der Waals surface area contributed by atoms with Crippen LogP contribution in [-0.2, 0) is 13.0 Å². The van der Waals surface area contributed by atoms with Crippen LogP contribution in [0.1, 0.15) is 28.5 Å². The Balaban J connectivity index is 2.15. The lowest BCUT2D eigenvalue weighted by molar-refractivity contribution is 0.0687. The summed E-state index contributed by atoms with van der Waals surface area (Å²) in [5, 5.41) is 9.75. The highest BCUT2D eigenvalue weighted by atomic mass is 35.5. The zero-order valence-corrected chi connectivity index (χ0v) is 11.7. The van der Waals surface area contributed by atoms with Gasteiger partial charge in [-0.3, -0.25) is 0 Å². The van der Waals surface area contributed by atoms with Crippen molar-refractivity contribution in [3.05, 3.63) is 58.4 Å². The maximum atomic E-state index is 11.0. The number of aromatic nitrogens is 1. The smallest absolute Gasteiger partial charge is 0.354 e. The van der Waals surface area contributed by atoms with E-state index in [4.69, 9.17) is 21.4 Å². The van der Waals surface area contributed by atoms with Gasteiger partial charge in [0.2, 0.25) is 0 Å². The largest absolute Gasteiger partial charge is 0.489 e. The third-order valence-corrected chi connectivity index (χ3v) is 3.25. The van der Waals surface area contributed by atoms with Gasteiger partial charge in [-0.05, 0) is 36.2 Å². The molecule has 20 heavy (non-hydrogen) atoms. The minimum Gasteiger partial charge on any atom is -0.489 e. The molecule has 0 saturated heterocycles. The second-order valence-corrected chi connectivity index (χ2v) is 4.62. The van der Waals surface area contributed by atoms with Crippen molar-refractivity contribution in [1.82, 2.24) is 4.98 Å². The summed E-state index contributed by atoms with van der Waals surface area (Å²) in [6, 6.07) is 8.77. The fraction of sp³-hybridized carbons (Fsp3) is 0.200. The van der Waals surface area contributed by atoms with Crippen molar-refractivity contribution < 1.29 is 14.6 Å². The van der Waals surface area contributed by atoms with Gasteiger partial charge in [0.1, 0.15) is 12.4 Å². The summed E-state index contributed by atoms with van der Waals surface area (Å²) in [4.78, 5) is 14.9. The number of rotatable bonds is 5. The van der Waals surface area contributed by atoms with E-state index in [9.17, 15) is 4.79 Å². The summed E-state index contributed by atoms with van der Waals surface area (Å²) in [5.41, 5.74) is 1.54. The third kappa shape index (κ3) is 3.27. The van der Waals surface area contributed by atoms with Crippen molar-refractivity contribution in [3.8, 4) is 5.75 Å². The van der Waals surface area contributed by atoms with E-state index in [-0.39, 0.29) is 12.3 Å². The molecule has 0 aliphatic carbocycles. The summed E-state index contributed by atoms with van der Waals surface area (Å²) in [7, 11) is 0. The van der Waals surface area contributed by atoms with E-state index >= 15 is 0 Å². The van der Waals surface area contributed by atoms with Crippen LogP contribution in [0.3, 0.4) is 0 Å². The maximum Gasteiger partial charge on any atom is 0.354 e. The highest BCUT2D eigenvalue weighted by molar-refractivity contribution is 6.31. The Labute approximate surface area is 122 Å². The van der Waals surface area contributed by atoms with Crippen LogP contribution in [0.25, 0.3) is 0 Å². The average Bonchev–Trinajstić information content (AvgIpc) is 2.46. The normalized spacial score (nSPS) is 10.3. The molecule has 0 fully saturated rings. The van der Waals surface area contributed by atoms with Crippen molar-refractivity contribution in [3.63, 3.8) is 0 Å². The average molecular weight is 292 g/mol. The first kappa shape index (κ1) is 14.3. The number of carbonyl (C=O) groups is 1. The first-order valence-electron chi connectivity index (χ1n) is 6.20. The molecule has 0 unspecified atom stereocenters. The highest BCUT2D eigenvalue weighted by Crippen LogP contribution is 2.23. The lowest BCUT2D eigenvalue weighted by Gasteiger charge is -2.10. The van der Waals surface area contributed by atoms with Crippen molar-refractivity contribution >= 4 is 17.6 Å². The number of aryl methyl sites for hydroxylation is 1. The van der Waals surface area contributed by atoms with E-state index in [0.29, 0.717) is 16.3 Å². The Bertz CT molecular complexity index is 628. The summed E-state index contributed by atoms with van der Waals surface area (Å²) < 4.78 is 5.62. The quantitative estimate of drug-likeness (QED) is 0.915. The molecular formula is C15H14ClNO3. The van der Waals surface area contributed by atoms with Gasteiger partial charge < -0.3 is 9.84 Å². The number of benzene rings is 1. The molecule has 1 N–H and O–H groups in total. The molecule has 0 aliphatic heterocycles. The van der Waals surface area contributed by atoms with Crippen molar-refractivity contribution in [2.24, 2.45) is 0 Å². The van der Waals surface area contributed by atoms with E-state index < -0.39 is 5.97 Å². The number of halogens is 1. The summed E-state index contributed by atoms with van der Waals surface area (Å²) >= 11 is 6.04. The van der Waals surface area contributed by atoms with Crippen LogP contribution in [0.15, 0.2) is 36.5 Å². The van der Waals surface area contributed by atoms with E-state index in [1.54, 1.807) is 24.3 Å². The van der Waals surface area contributed by atoms with Crippen LogP contribution in [-0.4, -0.2) is 16.1 Å². The number of carboxylic acids is 1. The van der Waals surface area contributed by atoms with Gasteiger partial charge in [-0.25, -0.2) is 9.78 Å². The number of carboxylic acid groups (broad SMARTS) is 1. The Hall–Kier alpha value is -2.07. The number of ether oxygens (including phenoxy) is 1. The van der Waals surface area contributed by atoms with Gasteiger partial charge in [-0.1, -0.05) is 24.6 Å². The van der Waals surface area contributed by atoms with Crippen LogP contribution >= 0.6 is 11.6 Å². The minimum absolute atomic E-state index is 0.0113. The van der Waals surface area contributed by atoms with Gasteiger partial charge in [0.25, 0.3) is 0 Å². The summed E-state index contributed by atoms with van der Waals surface area (Å²) in [6.07, 6.45) is 2.26. The van der Waals surface area contributed by atoms with Crippen LogP contribution in [0.5, 0.6) is 5.75 Å². The van der Waals surface area contributed by atoms with Gasteiger partial charge >= 0.3 is 5.97 Å². The molecule has 0 amide bonds. The molecule has 2 rings (SSSR count). The number of nitrogens with zero attached hydrogens (tertiary/aromatic N) is 1. The lowest BCUT2D eigenvalue weighted by atomic mass is 10.1. The molecule has 2 aromatic rings. The Morgan fingerprint density at radius 1 is 1.35 bits per heavy atom. The van der Waals surface area contributed by atoms with Crippen molar-refractivity contribution in [2.75, 3.05) is 0 Å². The number of aromatic carboxylic acids is 1. The predicted molar refractivity (Wildman–Crippen MR) is 76.4 cm³/mol. The standard InChI is InChI=1S/C15H14ClNO3/c1-2-10-8-12(5-6-13(10)16)20-9-11-4-3-7-17-14(11)15(18)19/h3-8H,2,9H2,1H3,(H,18,19). The van der Waals surface area contributed by atoms with Crippen LogP contribution in [0.4, 0.5) is 0 Å². The molecule has 1 aromatic carbocycles. The van der Waals surface area contributed by atoms with Gasteiger partial charge in [0.15, 0.2) is 5.69 Å². The number of pyridine rings is 1. The molecule has 5 heteroatoms. The predicted octanol–water partition coefficient (Wildman–Crippen LogP) is 3.57. The third-order valence-electron chi connectivity index (χ3n) is 2.89. The molecule has 4 nitrogen and oxygen atoms in total. The SMILES string of the molecule is CCc1cc(OCc2cccnc2C(=O)O)ccc1Cl. The van der Waals surface area contributed by atoms with Crippen LogP contribution < -0.4 is 4.74 Å². The molecule has 0 bridgehead atoms. The first-order valence-corrected chi connectivity index (χ1v) is 6.58. The maximum absolute atomic E-state index is 11.0. The zero-order valence-electron chi connectivity index (χ0n) is 11.0. The number of hydrogen-bond donors (Lipinski definition) is 1. The van der Waals surface area contributed by atoms with Crippen molar-refractivity contribution in [2.45, 2.75) is 20.0 Å². The Kier molecular flexibility index (Phi) is 4.58. The van der Waals surface area contributed by atoms with Crippen LogP contribution in [0, 0.1) is 0 Å². The molecule has 1 aromatic heterocycles.